The maximum atomic E-state index is 13.0. The maximum Gasteiger partial charge on any atom is 0.340 e. The Labute approximate surface area is 222 Å². The average molecular weight is 536 g/mol. The number of hydrogen-bond acceptors (Lipinski definition) is 7. The van der Waals surface area contributed by atoms with Gasteiger partial charge in [0, 0.05) is 11.6 Å². The zero-order valence-electron chi connectivity index (χ0n) is 20.9. The van der Waals surface area contributed by atoms with E-state index in [1.54, 1.807) is 24.3 Å². The summed E-state index contributed by atoms with van der Waals surface area (Å²) >= 11 is 0. The van der Waals surface area contributed by atoms with Crippen molar-refractivity contribution in [1.82, 2.24) is 0 Å². The van der Waals surface area contributed by atoms with Gasteiger partial charge < -0.3 is 14.2 Å². The number of carbonyl (C=O) groups is 2. The molecule has 0 bridgehead atoms. The first-order valence-electron chi connectivity index (χ1n) is 12.7. The van der Waals surface area contributed by atoms with Gasteiger partial charge >= 0.3 is 5.97 Å². The van der Waals surface area contributed by atoms with Crippen molar-refractivity contribution in [2.45, 2.75) is 42.9 Å². The molecule has 2 aliphatic rings. The Morgan fingerprint density at radius 1 is 0.868 bits per heavy atom. The summed E-state index contributed by atoms with van der Waals surface area (Å²) in [6.07, 6.45) is 6.08. The molecule has 3 aromatic rings. The smallest absolute Gasteiger partial charge is 0.340 e. The van der Waals surface area contributed by atoms with Gasteiger partial charge in [-0.15, -0.1) is 0 Å². The van der Waals surface area contributed by atoms with Crippen LogP contribution < -0.4 is 14.2 Å². The molecule has 1 saturated carbocycles. The minimum atomic E-state index is -4.05. The van der Waals surface area contributed by atoms with E-state index in [2.05, 4.69) is 4.72 Å². The van der Waals surface area contributed by atoms with Gasteiger partial charge in [0.15, 0.2) is 23.9 Å². The number of ketones is 1. The Hall–Kier alpha value is -3.85. The Bertz CT molecular complexity index is 1430. The molecule has 9 heteroatoms. The number of ether oxygens (including phenoxy) is 3. The predicted molar refractivity (Wildman–Crippen MR) is 142 cm³/mol. The van der Waals surface area contributed by atoms with Crippen molar-refractivity contribution in [2.24, 2.45) is 0 Å². The standard InChI is InChI=1S/C29H29NO7S/c31-26(22-12-10-21(11-13-22)20-6-2-1-3-7-20)19-37-29(32)24-8-4-5-9-25(24)30-38(33,34)23-14-15-27-28(18-23)36-17-16-35-27/h4-5,8-15,18,20,30H,1-3,6-7,16-17,19H2. The second-order valence-electron chi connectivity index (χ2n) is 9.41. The van der Waals surface area contributed by atoms with Gasteiger partial charge in [0.2, 0.25) is 0 Å². The molecule has 1 heterocycles. The Morgan fingerprint density at radius 2 is 1.58 bits per heavy atom. The normalized spacial score (nSPS) is 15.5. The summed E-state index contributed by atoms with van der Waals surface area (Å²) in [6.45, 7) is 0.258. The van der Waals surface area contributed by atoms with Gasteiger partial charge in [-0.1, -0.05) is 55.7 Å². The molecule has 0 spiro atoms. The molecular weight excluding hydrogens is 506 g/mol. The van der Waals surface area contributed by atoms with Crippen molar-refractivity contribution in [3.8, 4) is 11.5 Å². The van der Waals surface area contributed by atoms with Gasteiger partial charge in [0.1, 0.15) is 13.2 Å². The Balaban J connectivity index is 1.24. The molecule has 0 radical (unpaired) electrons. The van der Waals surface area contributed by atoms with Gasteiger partial charge in [-0.25, -0.2) is 13.2 Å². The first kappa shape index (κ1) is 25.8. The highest BCUT2D eigenvalue weighted by atomic mass is 32.2. The van der Waals surface area contributed by atoms with Crippen LogP contribution in [0.25, 0.3) is 0 Å². The molecule has 38 heavy (non-hydrogen) atoms. The minimum absolute atomic E-state index is 0.00550. The molecule has 0 saturated heterocycles. The molecule has 0 unspecified atom stereocenters. The number of hydrogen-bond donors (Lipinski definition) is 1. The first-order valence-corrected chi connectivity index (χ1v) is 14.2. The summed E-state index contributed by atoms with van der Waals surface area (Å²) in [4.78, 5) is 25.5. The van der Waals surface area contributed by atoms with Gasteiger partial charge in [-0.05, 0) is 48.6 Å². The number of sulfonamides is 1. The van der Waals surface area contributed by atoms with E-state index in [0.29, 0.717) is 36.2 Å². The maximum absolute atomic E-state index is 13.0. The van der Waals surface area contributed by atoms with E-state index in [1.165, 1.54) is 68.0 Å². The van der Waals surface area contributed by atoms with Crippen molar-refractivity contribution >= 4 is 27.5 Å². The summed E-state index contributed by atoms with van der Waals surface area (Å²) < 4.78 is 44.7. The third-order valence-electron chi connectivity index (χ3n) is 6.86. The van der Waals surface area contributed by atoms with Crippen LogP contribution in [0.2, 0.25) is 0 Å². The molecule has 0 aromatic heterocycles. The summed E-state index contributed by atoms with van der Waals surface area (Å²) in [5.41, 5.74) is 1.73. The van der Waals surface area contributed by atoms with Crippen LogP contribution in [-0.4, -0.2) is 40.0 Å². The number of Topliss-reactive ketones (excluding diaryl/α,β-unsaturated/α-hetero) is 1. The fraction of sp³-hybridized carbons (Fsp3) is 0.310. The monoisotopic (exact) mass is 535 g/mol. The Kier molecular flexibility index (Phi) is 7.64. The number of anilines is 1. The fourth-order valence-corrected chi connectivity index (χ4v) is 5.91. The lowest BCUT2D eigenvalue weighted by atomic mass is 9.84. The lowest BCUT2D eigenvalue weighted by Crippen LogP contribution is -2.19. The van der Waals surface area contributed by atoms with Crippen LogP contribution in [-0.2, 0) is 14.8 Å². The number of rotatable bonds is 8. The molecule has 0 amide bonds. The topological polar surface area (TPSA) is 108 Å². The van der Waals surface area contributed by atoms with E-state index in [0.717, 1.165) is 0 Å². The molecule has 0 atom stereocenters. The zero-order valence-corrected chi connectivity index (χ0v) is 21.7. The summed E-state index contributed by atoms with van der Waals surface area (Å²) in [7, 11) is -4.05. The lowest BCUT2D eigenvalue weighted by Gasteiger charge is -2.22. The highest BCUT2D eigenvalue weighted by molar-refractivity contribution is 7.92. The van der Waals surface area contributed by atoms with Crippen LogP contribution in [0.3, 0.4) is 0 Å². The third-order valence-corrected chi connectivity index (χ3v) is 8.22. The van der Waals surface area contributed by atoms with Crippen molar-refractivity contribution in [1.29, 1.82) is 0 Å². The molecule has 1 aliphatic heterocycles. The largest absolute Gasteiger partial charge is 0.486 e. The van der Waals surface area contributed by atoms with Crippen molar-refractivity contribution in [3.05, 3.63) is 83.4 Å². The molecule has 5 rings (SSSR count). The van der Waals surface area contributed by atoms with Crippen LogP contribution in [0.5, 0.6) is 11.5 Å². The highest BCUT2D eigenvalue weighted by Gasteiger charge is 2.23. The summed E-state index contributed by atoms with van der Waals surface area (Å²) in [5, 5.41) is 0. The van der Waals surface area contributed by atoms with Crippen molar-refractivity contribution in [2.75, 3.05) is 24.5 Å². The molecule has 3 aromatic carbocycles. The van der Waals surface area contributed by atoms with Crippen LogP contribution >= 0.6 is 0 Å². The molecule has 1 N–H and O–H groups in total. The average Bonchev–Trinajstić information content (AvgIpc) is 2.96. The van der Waals surface area contributed by atoms with Crippen molar-refractivity contribution in [3.63, 3.8) is 0 Å². The van der Waals surface area contributed by atoms with E-state index in [4.69, 9.17) is 14.2 Å². The van der Waals surface area contributed by atoms with E-state index in [1.807, 2.05) is 12.1 Å². The van der Waals surface area contributed by atoms with Gasteiger partial charge in [0.05, 0.1) is 16.1 Å². The quantitative estimate of drug-likeness (QED) is 0.306. The number of fused-ring (bicyclic) bond motifs is 1. The number of para-hydroxylation sites is 1. The number of nitrogens with one attached hydrogen (secondary N) is 1. The number of benzene rings is 3. The number of esters is 1. The van der Waals surface area contributed by atoms with Crippen LogP contribution in [0.15, 0.2) is 71.6 Å². The minimum Gasteiger partial charge on any atom is -0.486 e. The number of carbonyl (C=O) groups excluding carboxylic acids is 2. The second-order valence-corrected chi connectivity index (χ2v) is 11.1. The molecule has 198 valence electrons. The SMILES string of the molecule is O=C(COC(=O)c1ccccc1NS(=O)(=O)c1ccc2c(c1)OCCO2)c1ccc(C2CCCCC2)cc1. The zero-order chi connectivity index (χ0) is 26.5. The predicted octanol–water partition coefficient (Wildman–Crippen LogP) is 5.35. The van der Waals surface area contributed by atoms with Crippen LogP contribution in [0, 0.1) is 0 Å². The lowest BCUT2D eigenvalue weighted by molar-refractivity contribution is 0.0476. The van der Waals surface area contributed by atoms with Gasteiger partial charge in [0.25, 0.3) is 10.0 Å². The van der Waals surface area contributed by atoms with E-state index in [-0.39, 0.29) is 21.9 Å². The summed E-state index contributed by atoms with van der Waals surface area (Å²) in [6, 6.07) is 17.9. The second kappa shape index (κ2) is 11.3. The molecule has 1 aliphatic carbocycles. The van der Waals surface area contributed by atoms with Crippen LogP contribution in [0.4, 0.5) is 5.69 Å². The van der Waals surface area contributed by atoms with E-state index >= 15 is 0 Å². The summed E-state index contributed by atoms with van der Waals surface area (Å²) in [5.74, 6) is 0.193. The first-order chi connectivity index (χ1) is 18.4. The third kappa shape index (κ3) is 5.83. The molecule has 1 fully saturated rings. The fourth-order valence-electron chi connectivity index (χ4n) is 4.81. The van der Waals surface area contributed by atoms with Gasteiger partial charge in [-0.3, -0.25) is 9.52 Å². The molecule has 8 nitrogen and oxygen atoms in total. The van der Waals surface area contributed by atoms with Crippen molar-refractivity contribution < 1.29 is 32.2 Å². The van der Waals surface area contributed by atoms with Crippen LogP contribution in [0.1, 0.15) is 64.3 Å². The van der Waals surface area contributed by atoms with E-state index < -0.39 is 22.6 Å². The molecular formula is C29H29NO7S. The van der Waals surface area contributed by atoms with E-state index in [9.17, 15) is 18.0 Å². The van der Waals surface area contributed by atoms with Gasteiger partial charge in [-0.2, -0.15) is 0 Å². The Morgan fingerprint density at radius 3 is 2.34 bits per heavy atom. The highest BCUT2D eigenvalue weighted by Crippen LogP contribution is 2.34.